The second-order valence-electron chi connectivity index (χ2n) is 3.78. The zero-order valence-electron chi connectivity index (χ0n) is 7.88. The molecule has 2 nitrogen and oxygen atoms in total. The molecule has 14 heavy (non-hydrogen) atoms. The molecule has 0 heterocycles. The van der Waals surface area contributed by atoms with E-state index in [1.165, 1.54) is 5.56 Å². The van der Waals surface area contributed by atoms with Crippen LogP contribution in [-0.2, 0) is 16.8 Å². The SMILES string of the molecule is CC1(N=C=O)CCc2ccc(Cl)cc21. The first kappa shape index (κ1) is 9.45. The van der Waals surface area contributed by atoms with E-state index < -0.39 is 5.54 Å². The molecule has 1 atom stereocenters. The van der Waals surface area contributed by atoms with Gasteiger partial charge in [-0.05, 0) is 43.0 Å². The second-order valence-corrected chi connectivity index (χ2v) is 4.21. The molecule has 0 radical (unpaired) electrons. The number of benzene rings is 1. The molecule has 1 aromatic carbocycles. The van der Waals surface area contributed by atoms with E-state index in [1.54, 1.807) is 6.08 Å². The third-order valence-corrected chi connectivity index (χ3v) is 3.06. The van der Waals surface area contributed by atoms with Gasteiger partial charge in [0.2, 0.25) is 6.08 Å². The molecule has 0 fully saturated rings. The Morgan fingerprint density at radius 3 is 3.07 bits per heavy atom. The molecule has 0 aliphatic heterocycles. The summed E-state index contributed by atoms with van der Waals surface area (Å²) in [6, 6.07) is 5.77. The normalized spacial score (nSPS) is 24.1. The summed E-state index contributed by atoms with van der Waals surface area (Å²) >= 11 is 5.91. The molecule has 0 saturated heterocycles. The van der Waals surface area contributed by atoms with Crippen LogP contribution in [-0.4, -0.2) is 6.08 Å². The molecule has 3 heteroatoms. The van der Waals surface area contributed by atoms with Gasteiger partial charge in [-0.25, -0.2) is 4.79 Å². The number of halogens is 1. The summed E-state index contributed by atoms with van der Waals surface area (Å²) in [6.07, 6.45) is 3.45. The van der Waals surface area contributed by atoms with E-state index in [1.807, 2.05) is 25.1 Å². The summed E-state index contributed by atoms with van der Waals surface area (Å²) in [4.78, 5) is 14.2. The molecule has 1 aliphatic rings. The molecule has 0 saturated carbocycles. The number of hydrogen-bond donors (Lipinski definition) is 0. The van der Waals surface area contributed by atoms with E-state index >= 15 is 0 Å². The van der Waals surface area contributed by atoms with Gasteiger partial charge in [-0.3, -0.25) is 0 Å². The van der Waals surface area contributed by atoms with Crippen LogP contribution in [0.15, 0.2) is 23.2 Å². The fourth-order valence-corrected chi connectivity index (χ4v) is 2.17. The predicted molar refractivity (Wildman–Crippen MR) is 55.2 cm³/mol. The van der Waals surface area contributed by atoms with Crippen LogP contribution in [0.25, 0.3) is 0 Å². The molecular formula is C11H10ClNO. The van der Waals surface area contributed by atoms with Crippen LogP contribution in [0.1, 0.15) is 24.5 Å². The first-order valence-electron chi connectivity index (χ1n) is 4.54. The monoisotopic (exact) mass is 207 g/mol. The summed E-state index contributed by atoms with van der Waals surface area (Å²) in [5.41, 5.74) is 1.88. The van der Waals surface area contributed by atoms with Crippen LogP contribution in [0.4, 0.5) is 0 Å². The molecule has 0 spiro atoms. The number of hydrogen-bond acceptors (Lipinski definition) is 2. The molecule has 0 N–H and O–H groups in total. The fraction of sp³-hybridized carbons (Fsp3) is 0.364. The first-order valence-corrected chi connectivity index (χ1v) is 4.91. The zero-order chi connectivity index (χ0) is 10.2. The highest BCUT2D eigenvalue weighted by atomic mass is 35.5. The summed E-state index contributed by atoms with van der Waals surface area (Å²) < 4.78 is 0. The number of nitrogens with zero attached hydrogens (tertiary/aromatic N) is 1. The first-order chi connectivity index (χ1) is 6.65. The maximum Gasteiger partial charge on any atom is 0.235 e. The van der Waals surface area contributed by atoms with Crippen molar-refractivity contribution in [1.82, 2.24) is 0 Å². The molecular weight excluding hydrogens is 198 g/mol. The smallest absolute Gasteiger partial charge is 0.211 e. The van der Waals surface area contributed by atoms with Crippen molar-refractivity contribution in [2.75, 3.05) is 0 Å². The van der Waals surface area contributed by atoms with Gasteiger partial charge in [0.15, 0.2) is 0 Å². The van der Waals surface area contributed by atoms with Crippen LogP contribution in [0, 0.1) is 0 Å². The van der Waals surface area contributed by atoms with Gasteiger partial charge in [-0.2, -0.15) is 4.99 Å². The van der Waals surface area contributed by atoms with Crippen molar-refractivity contribution in [1.29, 1.82) is 0 Å². The number of carbonyl (C=O) groups excluding carboxylic acids is 1. The van der Waals surface area contributed by atoms with Crippen LogP contribution in [0.2, 0.25) is 5.02 Å². The van der Waals surface area contributed by atoms with Crippen molar-refractivity contribution in [3.05, 3.63) is 34.3 Å². The topological polar surface area (TPSA) is 29.4 Å². The lowest BCUT2D eigenvalue weighted by Gasteiger charge is -2.17. The van der Waals surface area contributed by atoms with E-state index in [-0.39, 0.29) is 0 Å². The van der Waals surface area contributed by atoms with Crippen LogP contribution >= 0.6 is 11.6 Å². The molecule has 0 amide bonds. The van der Waals surface area contributed by atoms with Crippen LogP contribution < -0.4 is 0 Å². The predicted octanol–water partition coefficient (Wildman–Crippen LogP) is 2.84. The Hall–Kier alpha value is -1.11. The number of aliphatic imine (C=N–C) groups is 1. The molecule has 0 aromatic heterocycles. The van der Waals surface area contributed by atoms with E-state index in [0.29, 0.717) is 5.02 Å². The number of fused-ring (bicyclic) bond motifs is 1. The molecule has 0 bridgehead atoms. The van der Waals surface area contributed by atoms with Gasteiger partial charge in [0.25, 0.3) is 0 Å². The largest absolute Gasteiger partial charge is 0.235 e. The van der Waals surface area contributed by atoms with Crippen molar-refractivity contribution in [2.45, 2.75) is 25.3 Å². The van der Waals surface area contributed by atoms with Crippen molar-refractivity contribution in [2.24, 2.45) is 4.99 Å². The summed E-state index contributed by atoms with van der Waals surface area (Å²) in [5.74, 6) is 0. The molecule has 1 aliphatic carbocycles. The minimum Gasteiger partial charge on any atom is -0.211 e. The van der Waals surface area contributed by atoms with Gasteiger partial charge < -0.3 is 0 Å². The van der Waals surface area contributed by atoms with Gasteiger partial charge in [0.05, 0.1) is 5.54 Å². The zero-order valence-corrected chi connectivity index (χ0v) is 8.64. The van der Waals surface area contributed by atoms with Crippen molar-refractivity contribution in [3.8, 4) is 0 Å². The van der Waals surface area contributed by atoms with Gasteiger partial charge >= 0.3 is 0 Å². The number of aryl methyl sites for hydroxylation is 1. The summed E-state index contributed by atoms with van der Waals surface area (Å²) in [7, 11) is 0. The lowest BCUT2D eigenvalue weighted by Crippen LogP contribution is -2.14. The van der Waals surface area contributed by atoms with E-state index in [4.69, 9.17) is 11.6 Å². The van der Waals surface area contributed by atoms with E-state index in [2.05, 4.69) is 4.99 Å². The maximum absolute atomic E-state index is 10.3. The number of rotatable bonds is 1. The Balaban J connectivity index is 2.57. The lowest BCUT2D eigenvalue weighted by atomic mass is 9.95. The highest BCUT2D eigenvalue weighted by Crippen LogP contribution is 2.40. The quantitative estimate of drug-likeness (QED) is 0.514. The average Bonchev–Trinajstić information content (AvgIpc) is 2.45. The molecule has 2 rings (SSSR count). The fourth-order valence-electron chi connectivity index (χ4n) is 2.00. The maximum atomic E-state index is 10.3. The van der Waals surface area contributed by atoms with Crippen molar-refractivity contribution >= 4 is 17.7 Å². The van der Waals surface area contributed by atoms with Gasteiger partial charge in [0.1, 0.15) is 0 Å². The highest BCUT2D eigenvalue weighted by molar-refractivity contribution is 6.30. The lowest BCUT2D eigenvalue weighted by molar-refractivity contribution is 0.482. The van der Waals surface area contributed by atoms with Gasteiger partial charge in [0, 0.05) is 5.02 Å². The van der Waals surface area contributed by atoms with Crippen LogP contribution in [0.5, 0.6) is 0 Å². The standard InChI is InChI=1S/C11H10ClNO/c1-11(13-7-14)5-4-8-2-3-9(12)6-10(8)11/h2-3,6H,4-5H2,1H3. The molecule has 72 valence electrons. The Bertz CT molecular complexity index is 423. The Labute approximate surface area is 87.6 Å². The third kappa shape index (κ3) is 1.37. The van der Waals surface area contributed by atoms with Gasteiger partial charge in [-0.1, -0.05) is 17.7 Å². The minimum atomic E-state index is -0.415. The van der Waals surface area contributed by atoms with E-state index in [0.717, 1.165) is 18.4 Å². The number of isocyanates is 1. The second kappa shape index (κ2) is 3.23. The Kier molecular flexibility index (Phi) is 2.18. The summed E-state index contributed by atoms with van der Waals surface area (Å²) in [6.45, 7) is 1.94. The Morgan fingerprint density at radius 2 is 2.36 bits per heavy atom. The van der Waals surface area contributed by atoms with Gasteiger partial charge in [-0.15, -0.1) is 0 Å². The van der Waals surface area contributed by atoms with Crippen molar-refractivity contribution in [3.63, 3.8) is 0 Å². The average molecular weight is 208 g/mol. The molecule has 1 unspecified atom stereocenters. The Morgan fingerprint density at radius 1 is 1.57 bits per heavy atom. The third-order valence-electron chi connectivity index (χ3n) is 2.83. The van der Waals surface area contributed by atoms with Crippen LogP contribution in [0.3, 0.4) is 0 Å². The molecule has 1 aromatic rings. The summed E-state index contributed by atoms with van der Waals surface area (Å²) in [5, 5.41) is 0.693. The minimum absolute atomic E-state index is 0.415. The van der Waals surface area contributed by atoms with E-state index in [9.17, 15) is 4.79 Å². The highest BCUT2D eigenvalue weighted by Gasteiger charge is 2.34. The van der Waals surface area contributed by atoms with Crippen molar-refractivity contribution < 1.29 is 4.79 Å².